The molecule has 6 nitrogen and oxygen atoms in total. The van der Waals surface area contributed by atoms with Crippen molar-refractivity contribution in [2.75, 3.05) is 5.32 Å². The van der Waals surface area contributed by atoms with Crippen molar-refractivity contribution >= 4 is 28.3 Å². The van der Waals surface area contributed by atoms with E-state index in [4.69, 9.17) is 14.4 Å². The molecule has 0 aliphatic heterocycles. The summed E-state index contributed by atoms with van der Waals surface area (Å²) in [5, 5.41) is 13.0. The van der Waals surface area contributed by atoms with E-state index < -0.39 is 5.91 Å². The summed E-state index contributed by atoms with van der Waals surface area (Å²) in [6.07, 6.45) is 1.70. The van der Waals surface area contributed by atoms with E-state index in [2.05, 4.69) is 5.32 Å². The van der Waals surface area contributed by atoms with Crippen molar-refractivity contribution in [3.8, 4) is 11.8 Å². The lowest BCUT2D eigenvalue weighted by atomic mass is 10.1. The number of fused-ring (bicyclic) bond motifs is 1. The van der Waals surface area contributed by atoms with E-state index >= 15 is 0 Å². The standard InChI is InChI=1S/C20H16N2O4/c1-3-18(23)26-17-6-4-5-16(12(17)2)22-20(24)19-15-8-7-13(10-21)9-14(15)11-25-19/h4-9,11H,3H2,1-2H3,(H,22,24). The third-order valence-electron chi connectivity index (χ3n) is 3.98. The third kappa shape index (κ3) is 3.28. The number of rotatable bonds is 4. The van der Waals surface area contributed by atoms with E-state index in [1.807, 2.05) is 6.07 Å². The summed E-state index contributed by atoms with van der Waals surface area (Å²) in [4.78, 5) is 24.1. The molecular weight excluding hydrogens is 332 g/mol. The second-order valence-electron chi connectivity index (χ2n) is 5.69. The van der Waals surface area contributed by atoms with Crippen molar-refractivity contribution in [1.82, 2.24) is 0 Å². The average Bonchev–Trinajstić information content (AvgIpc) is 3.07. The molecule has 0 atom stereocenters. The van der Waals surface area contributed by atoms with Crippen molar-refractivity contribution in [3.05, 3.63) is 59.5 Å². The predicted molar refractivity (Wildman–Crippen MR) is 96.0 cm³/mol. The Balaban J connectivity index is 1.88. The predicted octanol–water partition coefficient (Wildman–Crippen LogP) is 4.18. The normalized spacial score (nSPS) is 10.3. The van der Waals surface area contributed by atoms with Crippen molar-refractivity contribution < 1.29 is 18.7 Å². The highest BCUT2D eigenvalue weighted by atomic mass is 16.5. The van der Waals surface area contributed by atoms with Crippen LogP contribution in [-0.2, 0) is 4.79 Å². The number of nitrogens with one attached hydrogen (secondary N) is 1. The minimum absolute atomic E-state index is 0.153. The van der Waals surface area contributed by atoms with Gasteiger partial charge in [0.05, 0.1) is 17.9 Å². The smallest absolute Gasteiger partial charge is 0.310 e. The number of carbonyl (C=O) groups excluding carboxylic acids is 2. The first-order valence-corrected chi connectivity index (χ1v) is 8.06. The minimum Gasteiger partial charge on any atom is -0.458 e. The largest absolute Gasteiger partial charge is 0.458 e. The molecule has 1 amide bonds. The van der Waals surface area contributed by atoms with E-state index in [0.29, 0.717) is 33.3 Å². The summed E-state index contributed by atoms with van der Waals surface area (Å²) >= 11 is 0. The van der Waals surface area contributed by atoms with Crippen LogP contribution in [0.2, 0.25) is 0 Å². The molecule has 0 aliphatic carbocycles. The van der Waals surface area contributed by atoms with Crippen LogP contribution in [0.5, 0.6) is 5.75 Å². The molecule has 3 aromatic rings. The van der Waals surface area contributed by atoms with Crippen LogP contribution in [0.3, 0.4) is 0 Å². The molecule has 3 rings (SSSR count). The maximum atomic E-state index is 12.6. The van der Waals surface area contributed by atoms with Crippen molar-refractivity contribution in [3.63, 3.8) is 0 Å². The van der Waals surface area contributed by atoms with Gasteiger partial charge in [0.15, 0.2) is 5.76 Å². The van der Waals surface area contributed by atoms with Gasteiger partial charge in [0, 0.05) is 28.4 Å². The lowest BCUT2D eigenvalue weighted by Gasteiger charge is -2.11. The van der Waals surface area contributed by atoms with E-state index in [9.17, 15) is 9.59 Å². The van der Waals surface area contributed by atoms with Gasteiger partial charge < -0.3 is 14.5 Å². The molecule has 2 aromatic carbocycles. The molecule has 0 radical (unpaired) electrons. The number of amides is 1. The highest BCUT2D eigenvalue weighted by Gasteiger charge is 2.17. The number of nitriles is 1. The van der Waals surface area contributed by atoms with Gasteiger partial charge in [0.1, 0.15) is 5.75 Å². The lowest BCUT2D eigenvalue weighted by molar-refractivity contribution is -0.134. The van der Waals surface area contributed by atoms with Crippen molar-refractivity contribution in [2.24, 2.45) is 0 Å². The number of esters is 1. The molecule has 130 valence electrons. The second-order valence-corrected chi connectivity index (χ2v) is 5.69. The van der Waals surface area contributed by atoms with Crippen LogP contribution in [0, 0.1) is 18.3 Å². The fourth-order valence-corrected chi connectivity index (χ4v) is 2.53. The van der Waals surface area contributed by atoms with E-state index in [0.717, 1.165) is 0 Å². The molecule has 1 aromatic heterocycles. The second kappa shape index (κ2) is 7.11. The molecule has 26 heavy (non-hydrogen) atoms. The summed E-state index contributed by atoms with van der Waals surface area (Å²) in [6.45, 7) is 3.47. The lowest BCUT2D eigenvalue weighted by Crippen LogP contribution is -2.13. The molecule has 0 aliphatic rings. The Morgan fingerprint density at radius 1 is 1.27 bits per heavy atom. The zero-order chi connectivity index (χ0) is 18.7. The van der Waals surface area contributed by atoms with E-state index in [1.54, 1.807) is 50.2 Å². The Morgan fingerprint density at radius 2 is 2.08 bits per heavy atom. The highest BCUT2D eigenvalue weighted by Crippen LogP contribution is 2.28. The number of benzene rings is 2. The summed E-state index contributed by atoms with van der Waals surface area (Å²) in [5.41, 5.74) is 1.66. The van der Waals surface area contributed by atoms with Gasteiger partial charge >= 0.3 is 5.97 Å². The fourth-order valence-electron chi connectivity index (χ4n) is 2.53. The quantitative estimate of drug-likeness (QED) is 0.564. The average molecular weight is 348 g/mol. The van der Waals surface area contributed by atoms with Crippen LogP contribution in [-0.4, -0.2) is 11.9 Å². The number of carbonyl (C=O) groups is 2. The SMILES string of the molecule is CCC(=O)Oc1cccc(NC(=O)c2occ3cc(C#N)ccc23)c1C. The molecule has 0 saturated carbocycles. The van der Waals surface area contributed by atoms with Gasteiger partial charge in [-0.2, -0.15) is 5.26 Å². The molecule has 0 unspecified atom stereocenters. The van der Waals surface area contributed by atoms with Crippen LogP contribution in [0.1, 0.15) is 35.0 Å². The summed E-state index contributed by atoms with van der Waals surface area (Å²) in [6, 6.07) is 12.1. The van der Waals surface area contributed by atoms with Crippen LogP contribution in [0.15, 0.2) is 47.1 Å². The molecule has 0 saturated heterocycles. The molecule has 1 heterocycles. The van der Waals surface area contributed by atoms with Gasteiger partial charge in [0.2, 0.25) is 0 Å². The van der Waals surface area contributed by atoms with Crippen LogP contribution < -0.4 is 10.1 Å². The summed E-state index contributed by atoms with van der Waals surface area (Å²) in [5.74, 6) is -0.217. The van der Waals surface area contributed by atoms with Gasteiger partial charge in [-0.25, -0.2) is 0 Å². The third-order valence-corrected chi connectivity index (χ3v) is 3.98. The van der Waals surface area contributed by atoms with Crippen LogP contribution in [0.25, 0.3) is 10.8 Å². The van der Waals surface area contributed by atoms with Gasteiger partial charge in [-0.1, -0.05) is 13.0 Å². The maximum absolute atomic E-state index is 12.6. The van der Waals surface area contributed by atoms with Crippen molar-refractivity contribution in [1.29, 1.82) is 5.26 Å². The first-order chi connectivity index (χ1) is 12.5. The van der Waals surface area contributed by atoms with Gasteiger partial charge in [0.25, 0.3) is 5.91 Å². The Labute approximate surface area is 150 Å². The summed E-state index contributed by atoms with van der Waals surface area (Å²) < 4.78 is 10.7. The Hall–Kier alpha value is -3.59. The molecule has 1 N–H and O–H groups in total. The fraction of sp³-hybridized carbons (Fsp3) is 0.150. The van der Waals surface area contributed by atoms with E-state index in [-0.39, 0.29) is 18.2 Å². The molecule has 0 spiro atoms. The highest BCUT2D eigenvalue weighted by molar-refractivity contribution is 6.11. The van der Waals surface area contributed by atoms with Gasteiger partial charge in [-0.15, -0.1) is 0 Å². The number of ether oxygens (including phenoxy) is 1. The Kier molecular flexibility index (Phi) is 4.72. The number of hydrogen-bond donors (Lipinski definition) is 1. The number of hydrogen-bond acceptors (Lipinski definition) is 5. The number of furan rings is 1. The first kappa shape index (κ1) is 17.2. The Bertz CT molecular complexity index is 1040. The molecule has 6 heteroatoms. The van der Waals surface area contributed by atoms with Crippen LogP contribution >= 0.6 is 0 Å². The minimum atomic E-state index is -0.424. The number of nitrogens with zero attached hydrogens (tertiary/aromatic N) is 1. The first-order valence-electron chi connectivity index (χ1n) is 8.06. The number of anilines is 1. The van der Waals surface area contributed by atoms with Crippen molar-refractivity contribution in [2.45, 2.75) is 20.3 Å². The monoisotopic (exact) mass is 348 g/mol. The summed E-state index contributed by atoms with van der Waals surface area (Å²) in [7, 11) is 0. The van der Waals surface area contributed by atoms with Gasteiger partial charge in [-0.05, 0) is 37.3 Å². The van der Waals surface area contributed by atoms with Crippen LogP contribution in [0.4, 0.5) is 5.69 Å². The molecule has 0 bridgehead atoms. The maximum Gasteiger partial charge on any atom is 0.310 e. The Morgan fingerprint density at radius 3 is 2.81 bits per heavy atom. The van der Waals surface area contributed by atoms with E-state index in [1.165, 1.54) is 6.26 Å². The molecular formula is C20H16N2O4. The van der Waals surface area contributed by atoms with Gasteiger partial charge in [-0.3, -0.25) is 9.59 Å². The zero-order valence-corrected chi connectivity index (χ0v) is 14.3. The topological polar surface area (TPSA) is 92.3 Å². The molecule has 0 fully saturated rings. The zero-order valence-electron chi connectivity index (χ0n) is 14.3.